The highest BCUT2D eigenvalue weighted by Gasteiger charge is 2.57. The highest BCUT2D eigenvalue weighted by atomic mass is 16.6. The summed E-state index contributed by atoms with van der Waals surface area (Å²) in [5.41, 5.74) is 16.6. The van der Waals surface area contributed by atoms with Gasteiger partial charge in [-0.15, -0.1) is 0 Å². The fourth-order valence-electron chi connectivity index (χ4n) is 9.83. The largest absolute Gasteiger partial charge is 0.464 e. The van der Waals surface area contributed by atoms with Crippen LogP contribution in [0.3, 0.4) is 0 Å². The van der Waals surface area contributed by atoms with Crippen LogP contribution in [0.25, 0.3) is 0 Å². The molecule has 6 N–H and O–H groups in total. The third-order valence-corrected chi connectivity index (χ3v) is 13.4. The number of carbonyl (C=O) groups is 4. The van der Waals surface area contributed by atoms with E-state index in [9.17, 15) is 19.2 Å². The zero-order valence-electron chi connectivity index (χ0n) is 33.9. The number of esters is 4. The van der Waals surface area contributed by atoms with Crippen molar-refractivity contribution in [2.45, 2.75) is 149 Å². The first-order valence-electron chi connectivity index (χ1n) is 20.7. The molecule has 0 radical (unpaired) electrons. The summed E-state index contributed by atoms with van der Waals surface area (Å²) in [4.78, 5) is 54.2. The molecule has 12 heteroatoms. The van der Waals surface area contributed by atoms with E-state index in [2.05, 4.69) is 27.7 Å². The van der Waals surface area contributed by atoms with E-state index < -0.39 is 5.41 Å². The average Bonchev–Trinajstić information content (AvgIpc) is 3.44. The maximum absolute atomic E-state index is 13.5. The van der Waals surface area contributed by atoms with E-state index in [1.165, 1.54) is 0 Å². The van der Waals surface area contributed by atoms with E-state index in [-0.39, 0.29) is 90.0 Å². The maximum Gasteiger partial charge on any atom is 0.306 e. The first kappa shape index (κ1) is 45.1. The number of carbonyl (C=O) groups excluding carboxylic acids is 4. The van der Waals surface area contributed by atoms with Crippen LogP contribution in [0.15, 0.2) is 0 Å². The highest BCUT2D eigenvalue weighted by Crippen LogP contribution is 2.60. The van der Waals surface area contributed by atoms with Gasteiger partial charge in [-0.2, -0.15) is 0 Å². The third-order valence-electron chi connectivity index (χ3n) is 13.4. The monoisotopic (exact) mass is 751 g/mol. The standard InChI is InChI=1S/C41H74N4O8/c1-28(13-16-36(46)50-23-22-45(5)6)34-15-14-30-25-33(52-38(48)11-8-20-43)27-31-26-32(51-37(47)10-7-19-42)17-18-40(31,3)29(2)24-35(41(30,34)4)53-39(49)12-9-21-44/h28-35H,7-27,42-44H2,1-6H3/t28-,29-,30+,31?,32-,33+,34-,35+,40-,41+/m1/s1. The molecular formula is C41H74N4O8. The van der Waals surface area contributed by atoms with Gasteiger partial charge in [-0.05, 0) is 146 Å². The van der Waals surface area contributed by atoms with Crippen LogP contribution in [-0.4, -0.2) is 94.0 Å². The number of ether oxygens (including phenoxy) is 4. The van der Waals surface area contributed by atoms with Crippen molar-refractivity contribution in [3.8, 4) is 0 Å². The van der Waals surface area contributed by atoms with Crippen molar-refractivity contribution in [1.82, 2.24) is 4.90 Å². The number of hydrogen-bond donors (Lipinski definition) is 3. The van der Waals surface area contributed by atoms with Crippen LogP contribution in [0.5, 0.6) is 0 Å². The molecule has 0 spiro atoms. The summed E-state index contributed by atoms with van der Waals surface area (Å²) < 4.78 is 24.5. The molecule has 3 aliphatic rings. The predicted molar refractivity (Wildman–Crippen MR) is 205 cm³/mol. The van der Waals surface area contributed by atoms with Crippen LogP contribution in [0, 0.1) is 40.4 Å². The molecule has 0 aromatic carbocycles. The first-order valence-corrected chi connectivity index (χ1v) is 20.7. The van der Waals surface area contributed by atoms with Crippen LogP contribution < -0.4 is 17.2 Å². The molecule has 3 rings (SSSR count). The van der Waals surface area contributed by atoms with Crippen LogP contribution >= 0.6 is 0 Å². The minimum Gasteiger partial charge on any atom is -0.464 e. The van der Waals surface area contributed by atoms with E-state index >= 15 is 0 Å². The fraction of sp³-hybridized carbons (Fsp3) is 0.902. The molecule has 0 heterocycles. The van der Waals surface area contributed by atoms with Gasteiger partial charge in [-0.25, -0.2) is 0 Å². The van der Waals surface area contributed by atoms with Gasteiger partial charge in [0.25, 0.3) is 0 Å². The molecule has 0 bridgehead atoms. The molecule has 3 aliphatic carbocycles. The predicted octanol–water partition coefficient (Wildman–Crippen LogP) is 5.12. The molecule has 53 heavy (non-hydrogen) atoms. The normalized spacial score (nSPS) is 32.2. The Morgan fingerprint density at radius 2 is 1.26 bits per heavy atom. The topological polar surface area (TPSA) is 186 Å². The molecule has 3 saturated carbocycles. The average molecular weight is 751 g/mol. The molecule has 0 saturated heterocycles. The van der Waals surface area contributed by atoms with Crippen molar-refractivity contribution in [3.63, 3.8) is 0 Å². The fourth-order valence-corrected chi connectivity index (χ4v) is 9.83. The Hall–Kier alpha value is -2.28. The zero-order valence-corrected chi connectivity index (χ0v) is 33.9. The molecule has 10 atom stereocenters. The number of nitrogens with two attached hydrogens (primary N) is 3. The van der Waals surface area contributed by atoms with Crippen molar-refractivity contribution in [2.75, 3.05) is 46.9 Å². The van der Waals surface area contributed by atoms with Crippen LogP contribution in [-0.2, 0) is 38.1 Å². The van der Waals surface area contributed by atoms with Crippen molar-refractivity contribution in [2.24, 2.45) is 57.6 Å². The second-order valence-electron chi connectivity index (χ2n) is 17.3. The van der Waals surface area contributed by atoms with Gasteiger partial charge in [0.1, 0.15) is 24.9 Å². The number of likely N-dealkylation sites (N-methyl/N-ethyl adjacent to an activating group) is 1. The SMILES string of the molecule is C[C@H](CCC(=O)OCCN(C)C)[C@H]1CC[C@H]2C[C@H](OC(=O)CCCN)CC3C[C@H](OC(=O)CCCN)CC[C@]3(C)[C@H](C)C[C@H](OC(=O)CCCN)[C@@]21C. The van der Waals surface area contributed by atoms with Crippen LogP contribution in [0.2, 0.25) is 0 Å². The number of fused-ring (bicyclic) bond motifs is 2. The summed E-state index contributed by atoms with van der Waals surface area (Å²) in [5.74, 6) is -0.120. The lowest BCUT2D eigenvalue weighted by Crippen LogP contribution is -2.51. The summed E-state index contributed by atoms with van der Waals surface area (Å²) >= 11 is 0. The molecule has 0 aromatic rings. The van der Waals surface area contributed by atoms with Gasteiger partial charge in [0.05, 0.1) is 0 Å². The van der Waals surface area contributed by atoms with Gasteiger partial charge >= 0.3 is 23.9 Å². The lowest BCUT2D eigenvalue weighted by atomic mass is 9.54. The minimum atomic E-state index is -0.415. The smallest absolute Gasteiger partial charge is 0.306 e. The lowest BCUT2D eigenvalue weighted by Gasteiger charge is -2.53. The molecule has 0 aromatic heterocycles. The summed E-state index contributed by atoms with van der Waals surface area (Å²) in [5, 5.41) is 0. The van der Waals surface area contributed by atoms with Gasteiger partial charge in [0, 0.05) is 37.6 Å². The Morgan fingerprint density at radius 3 is 1.85 bits per heavy atom. The van der Waals surface area contributed by atoms with Crippen LogP contribution in [0.4, 0.5) is 0 Å². The Bertz CT molecular complexity index is 1170. The molecule has 0 aliphatic heterocycles. The van der Waals surface area contributed by atoms with Gasteiger partial charge in [0.2, 0.25) is 0 Å². The van der Waals surface area contributed by atoms with Crippen molar-refractivity contribution >= 4 is 23.9 Å². The lowest BCUT2D eigenvalue weighted by molar-refractivity contribution is -0.172. The molecule has 0 amide bonds. The van der Waals surface area contributed by atoms with Gasteiger partial charge < -0.3 is 41.0 Å². The Labute approximate surface area is 319 Å². The summed E-state index contributed by atoms with van der Waals surface area (Å²) in [7, 11) is 3.90. The van der Waals surface area contributed by atoms with Crippen molar-refractivity contribution in [1.29, 1.82) is 0 Å². The summed E-state index contributed by atoms with van der Waals surface area (Å²) in [6, 6.07) is 0. The zero-order chi connectivity index (χ0) is 39.2. The molecule has 3 fully saturated rings. The van der Waals surface area contributed by atoms with Gasteiger partial charge in [-0.1, -0.05) is 27.7 Å². The van der Waals surface area contributed by atoms with E-state index in [4.69, 9.17) is 36.1 Å². The quantitative estimate of drug-likeness (QED) is 0.117. The number of hydrogen-bond acceptors (Lipinski definition) is 12. The van der Waals surface area contributed by atoms with Crippen molar-refractivity contribution in [3.05, 3.63) is 0 Å². The third kappa shape index (κ3) is 12.9. The minimum absolute atomic E-state index is 0.117. The summed E-state index contributed by atoms with van der Waals surface area (Å²) in [6.45, 7) is 11.4. The van der Waals surface area contributed by atoms with Crippen molar-refractivity contribution < 1.29 is 38.1 Å². The molecular weight excluding hydrogens is 676 g/mol. The number of nitrogens with zero attached hydrogens (tertiary/aromatic N) is 1. The van der Waals surface area contributed by atoms with E-state index in [1.807, 2.05) is 19.0 Å². The Balaban J connectivity index is 1.99. The Kier molecular flexibility index (Phi) is 18.5. The van der Waals surface area contributed by atoms with E-state index in [0.29, 0.717) is 97.0 Å². The Morgan fingerprint density at radius 1 is 0.717 bits per heavy atom. The summed E-state index contributed by atoms with van der Waals surface area (Å²) in [6.07, 6.45) is 8.79. The molecule has 306 valence electrons. The molecule has 1 unspecified atom stereocenters. The van der Waals surface area contributed by atoms with Crippen LogP contribution in [0.1, 0.15) is 130 Å². The second kappa shape index (κ2) is 21.7. The maximum atomic E-state index is 13.5. The van der Waals surface area contributed by atoms with Gasteiger partial charge in [0.15, 0.2) is 0 Å². The second-order valence-corrected chi connectivity index (χ2v) is 17.3. The van der Waals surface area contributed by atoms with E-state index in [0.717, 1.165) is 25.7 Å². The number of rotatable bonds is 19. The van der Waals surface area contributed by atoms with Gasteiger partial charge in [-0.3, -0.25) is 19.2 Å². The first-order chi connectivity index (χ1) is 25.2. The molecule has 12 nitrogen and oxygen atoms in total. The highest BCUT2D eigenvalue weighted by molar-refractivity contribution is 5.70. The van der Waals surface area contributed by atoms with E-state index in [1.54, 1.807) is 0 Å².